The van der Waals surface area contributed by atoms with E-state index in [1.54, 1.807) is 12.1 Å². The van der Waals surface area contributed by atoms with E-state index in [0.29, 0.717) is 17.8 Å². The Labute approximate surface area is 186 Å². The SMILES string of the molecule is CCCCCCCCCCc1cnc(-c2ccc(OCCC(F)CCC)c(F)c2)nc1. The Morgan fingerprint density at radius 2 is 1.55 bits per heavy atom. The predicted molar refractivity (Wildman–Crippen MR) is 124 cm³/mol. The number of aryl methyl sites for hydroxylation is 1. The lowest BCUT2D eigenvalue weighted by Crippen LogP contribution is -2.08. The van der Waals surface area contributed by atoms with Gasteiger partial charge in [0.15, 0.2) is 17.4 Å². The Balaban J connectivity index is 1.75. The van der Waals surface area contributed by atoms with Gasteiger partial charge in [-0.3, -0.25) is 0 Å². The molecule has 1 aromatic carbocycles. The lowest BCUT2D eigenvalue weighted by Gasteiger charge is -2.10. The number of nitrogens with zero attached hydrogens (tertiary/aromatic N) is 2. The maximum Gasteiger partial charge on any atom is 0.165 e. The minimum atomic E-state index is -0.898. The van der Waals surface area contributed by atoms with Crippen molar-refractivity contribution in [1.82, 2.24) is 9.97 Å². The van der Waals surface area contributed by atoms with Gasteiger partial charge in [0.05, 0.1) is 6.61 Å². The van der Waals surface area contributed by atoms with Crippen LogP contribution in [0.4, 0.5) is 8.78 Å². The van der Waals surface area contributed by atoms with Gasteiger partial charge in [-0.05, 0) is 43.0 Å². The number of unbranched alkanes of at least 4 members (excludes halogenated alkanes) is 7. The van der Waals surface area contributed by atoms with Gasteiger partial charge >= 0.3 is 0 Å². The van der Waals surface area contributed by atoms with Crippen molar-refractivity contribution in [2.75, 3.05) is 6.61 Å². The molecule has 0 saturated carbocycles. The fraction of sp³-hybridized carbons (Fsp3) is 0.615. The third-order valence-electron chi connectivity index (χ3n) is 5.50. The van der Waals surface area contributed by atoms with Crippen LogP contribution in [0.3, 0.4) is 0 Å². The summed E-state index contributed by atoms with van der Waals surface area (Å²) in [5, 5.41) is 0. The lowest BCUT2D eigenvalue weighted by atomic mass is 10.1. The molecule has 0 radical (unpaired) electrons. The number of ether oxygens (including phenoxy) is 1. The van der Waals surface area contributed by atoms with Crippen LogP contribution in [0.2, 0.25) is 0 Å². The van der Waals surface area contributed by atoms with Gasteiger partial charge in [-0.25, -0.2) is 18.7 Å². The van der Waals surface area contributed by atoms with E-state index in [-0.39, 0.29) is 18.8 Å². The first-order valence-electron chi connectivity index (χ1n) is 12.0. The Morgan fingerprint density at radius 3 is 2.19 bits per heavy atom. The molecular weight excluding hydrogens is 394 g/mol. The number of hydrogen-bond acceptors (Lipinski definition) is 3. The van der Waals surface area contributed by atoms with Crippen LogP contribution in [0.5, 0.6) is 5.75 Å². The summed E-state index contributed by atoms with van der Waals surface area (Å²) in [7, 11) is 0. The molecule has 0 fully saturated rings. The highest BCUT2D eigenvalue weighted by Gasteiger charge is 2.10. The van der Waals surface area contributed by atoms with Crippen molar-refractivity contribution in [1.29, 1.82) is 0 Å². The minimum Gasteiger partial charge on any atom is -0.490 e. The third-order valence-corrected chi connectivity index (χ3v) is 5.50. The molecular formula is C26H38F2N2O. The summed E-state index contributed by atoms with van der Waals surface area (Å²) in [6, 6.07) is 4.68. The summed E-state index contributed by atoms with van der Waals surface area (Å²) in [4.78, 5) is 8.81. The van der Waals surface area contributed by atoms with Crippen LogP contribution in [0.1, 0.15) is 90.0 Å². The molecule has 1 aromatic heterocycles. The molecule has 0 N–H and O–H groups in total. The summed E-state index contributed by atoms with van der Waals surface area (Å²) >= 11 is 0. The number of benzene rings is 1. The number of alkyl halides is 1. The maximum atomic E-state index is 14.4. The Bertz CT molecular complexity index is 737. The minimum absolute atomic E-state index is 0.138. The normalized spacial score (nSPS) is 12.1. The molecule has 3 nitrogen and oxygen atoms in total. The van der Waals surface area contributed by atoms with Gasteiger partial charge < -0.3 is 4.74 Å². The second kappa shape index (κ2) is 14.9. The van der Waals surface area contributed by atoms with Crippen LogP contribution < -0.4 is 4.74 Å². The first-order chi connectivity index (χ1) is 15.1. The van der Waals surface area contributed by atoms with Crippen molar-refractivity contribution in [3.63, 3.8) is 0 Å². The van der Waals surface area contributed by atoms with Crippen LogP contribution in [0.25, 0.3) is 11.4 Å². The molecule has 0 aliphatic rings. The third kappa shape index (κ3) is 9.75. The average molecular weight is 433 g/mol. The van der Waals surface area contributed by atoms with E-state index in [4.69, 9.17) is 4.74 Å². The number of rotatable bonds is 16. The van der Waals surface area contributed by atoms with Crippen LogP contribution in [0.15, 0.2) is 30.6 Å². The molecule has 5 heteroatoms. The lowest BCUT2D eigenvalue weighted by molar-refractivity contribution is 0.220. The Hall–Kier alpha value is -2.04. The zero-order valence-electron chi connectivity index (χ0n) is 19.2. The van der Waals surface area contributed by atoms with E-state index in [0.717, 1.165) is 24.8 Å². The van der Waals surface area contributed by atoms with Gasteiger partial charge in [-0.1, -0.05) is 65.2 Å². The molecule has 1 heterocycles. The fourth-order valence-corrected chi connectivity index (χ4v) is 3.61. The molecule has 0 saturated heterocycles. The number of aromatic nitrogens is 2. The summed E-state index contributed by atoms with van der Waals surface area (Å²) in [6.45, 7) is 4.35. The van der Waals surface area contributed by atoms with Crippen molar-refractivity contribution < 1.29 is 13.5 Å². The van der Waals surface area contributed by atoms with Gasteiger partial charge in [0.1, 0.15) is 6.17 Å². The van der Waals surface area contributed by atoms with E-state index in [2.05, 4.69) is 16.9 Å². The molecule has 0 aliphatic heterocycles. The molecule has 0 amide bonds. The highest BCUT2D eigenvalue weighted by molar-refractivity contribution is 5.56. The smallest absolute Gasteiger partial charge is 0.165 e. The molecule has 1 atom stereocenters. The van der Waals surface area contributed by atoms with E-state index in [9.17, 15) is 8.78 Å². The maximum absolute atomic E-state index is 14.4. The van der Waals surface area contributed by atoms with Gasteiger partial charge in [0, 0.05) is 24.4 Å². The molecule has 1 unspecified atom stereocenters. The quantitative estimate of drug-likeness (QED) is 0.253. The second-order valence-corrected chi connectivity index (χ2v) is 8.31. The van der Waals surface area contributed by atoms with Gasteiger partial charge in [0.2, 0.25) is 0 Å². The Morgan fingerprint density at radius 1 is 0.871 bits per heavy atom. The van der Waals surface area contributed by atoms with Crippen LogP contribution >= 0.6 is 0 Å². The van der Waals surface area contributed by atoms with E-state index >= 15 is 0 Å². The van der Waals surface area contributed by atoms with Crippen molar-refractivity contribution in [2.45, 2.75) is 97.1 Å². The zero-order chi connectivity index (χ0) is 22.3. The van der Waals surface area contributed by atoms with Gasteiger partial charge in [0.25, 0.3) is 0 Å². The van der Waals surface area contributed by atoms with Crippen LogP contribution in [-0.2, 0) is 6.42 Å². The molecule has 0 bridgehead atoms. The summed E-state index contributed by atoms with van der Waals surface area (Å²) in [6.07, 6.45) is 15.7. The summed E-state index contributed by atoms with van der Waals surface area (Å²) in [5.74, 6) is 0.158. The first-order valence-corrected chi connectivity index (χ1v) is 12.0. The summed E-state index contributed by atoms with van der Waals surface area (Å²) in [5.41, 5.74) is 1.72. The second-order valence-electron chi connectivity index (χ2n) is 8.31. The standard InChI is InChI=1S/C26H38F2N2O/c1-3-5-6-7-8-9-10-11-13-21-19-29-26(30-20-21)22-14-15-25(24(28)18-22)31-17-16-23(27)12-4-2/h14-15,18-20,23H,3-13,16-17H2,1-2H3. The van der Waals surface area contributed by atoms with Crippen LogP contribution in [0, 0.1) is 5.82 Å². The van der Waals surface area contributed by atoms with Gasteiger partial charge in [-0.15, -0.1) is 0 Å². The largest absolute Gasteiger partial charge is 0.490 e. The molecule has 0 aliphatic carbocycles. The zero-order valence-corrected chi connectivity index (χ0v) is 19.2. The highest BCUT2D eigenvalue weighted by atomic mass is 19.1. The van der Waals surface area contributed by atoms with E-state index in [1.807, 2.05) is 19.3 Å². The highest BCUT2D eigenvalue weighted by Crippen LogP contribution is 2.24. The molecule has 2 rings (SSSR count). The van der Waals surface area contributed by atoms with Crippen molar-refractivity contribution in [3.8, 4) is 17.1 Å². The fourth-order valence-electron chi connectivity index (χ4n) is 3.61. The number of hydrogen-bond donors (Lipinski definition) is 0. The average Bonchev–Trinajstić information content (AvgIpc) is 2.77. The molecule has 0 spiro atoms. The van der Waals surface area contributed by atoms with Crippen molar-refractivity contribution in [3.05, 3.63) is 42.0 Å². The first kappa shape index (κ1) is 25.2. The van der Waals surface area contributed by atoms with Crippen molar-refractivity contribution >= 4 is 0 Å². The van der Waals surface area contributed by atoms with Crippen LogP contribution in [-0.4, -0.2) is 22.7 Å². The topological polar surface area (TPSA) is 35.0 Å². The molecule has 2 aromatic rings. The predicted octanol–water partition coefficient (Wildman–Crippen LogP) is 7.87. The summed E-state index contributed by atoms with van der Waals surface area (Å²) < 4.78 is 33.3. The van der Waals surface area contributed by atoms with E-state index < -0.39 is 12.0 Å². The van der Waals surface area contributed by atoms with Crippen molar-refractivity contribution in [2.24, 2.45) is 0 Å². The molecule has 172 valence electrons. The monoisotopic (exact) mass is 432 g/mol. The Kier molecular flexibility index (Phi) is 12.1. The molecule has 31 heavy (non-hydrogen) atoms. The van der Waals surface area contributed by atoms with E-state index in [1.165, 1.54) is 51.0 Å². The number of halogens is 2. The van der Waals surface area contributed by atoms with Gasteiger partial charge in [-0.2, -0.15) is 0 Å².